The van der Waals surface area contributed by atoms with Crippen molar-refractivity contribution in [1.29, 1.82) is 0 Å². The van der Waals surface area contributed by atoms with Crippen molar-refractivity contribution >= 4 is 11.7 Å². The van der Waals surface area contributed by atoms with E-state index < -0.39 is 0 Å². The van der Waals surface area contributed by atoms with Crippen LogP contribution in [0.3, 0.4) is 0 Å². The zero-order valence-corrected chi connectivity index (χ0v) is 8.97. The van der Waals surface area contributed by atoms with Gasteiger partial charge in [-0.05, 0) is 6.42 Å². The molecule has 6 nitrogen and oxygen atoms in total. The SMILES string of the molecule is CCc1cc(O)n2nc(N(C)C)nc2n1. The number of hydrogen-bond donors (Lipinski definition) is 1. The molecule has 0 fully saturated rings. The van der Waals surface area contributed by atoms with Crippen LogP contribution in [0.4, 0.5) is 5.95 Å². The Morgan fingerprint density at radius 3 is 2.73 bits per heavy atom. The van der Waals surface area contributed by atoms with Crippen LogP contribution < -0.4 is 4.90 Å². The fourth-order valence-corrected chi connectivity index (χ4v) is 1.26. The minimum Gasteiger partial charge on any atom is -0.493 e. The van der Waals surface area contributed by atoms with Crippen molar-refractivity contribution in [2.75, 3.05) is 19.0 Å². The van der Waals surface area contributed by atoms with Crippen molar-refractivity contribution in [3.05, 3.63) is 11.8 Å². The molecule has 0 spiro atoms. The highest BCUT2D eigenvalue weighted by molar-refractivity contribution is 5.41. The van der Waals surface area contributed by atoms with Crippen molar-refractivity contribution in [3.63, 3.8) is 0 Å². The van der Waals surface area contributed by atoms with Gasteiger partial charge in [-0.25, -0.2) is 4.98 Å². The summed E-state index contributed by atoms with van der Waals surface area (Å²) in [5.74, 6) is 1.03. The Bertz CT molecular complexity index is 490. The molecule has 0 bridgehead atoms. The van der Waals surface area contributed by atoms with E-state index in [9.17, 15) is 5.11 Å². The lowest BCUT2D eigenvalue weighted by molar-refractivity contribution is 0.434. The summed E-state index contributed by atoms with van der Waals surface area (Å²) in [5, 5.41) is 13.8. The number of rotatable bonds is 2. The van der Waals surface area contributed by atoms with E-state index in [1.54, 1.807) is 11.0 Å². The molecule has 0 saturated carbocycles. The molecule has 0 atom stereocenters. The molecule has 2 rings (SSSR count). The number of aryl methyl sites for hydroxylation is 1. The predicted octanol–water partition coefficient (Wildman–Crippen LogP) is 0.458. The van der Waals surface area contributed by atoms with E-state index in [0.29, 0.717) is 11.7 Å². The summed E-state index contributed by atoms with van der Waals surface area (Å²) in [6.45, 7) is 1.97. The third kappa shape index (κ3) is 1.58. The maximum absolute atomic E-state index is 9.68. The number of fused-ring (bicyclic) bond motifs is 1. The van der Waals surface area contributed by atoms with Crippen molar-refractivity contribution in [1.82, 2.24) is 19.6 Å². The Kier molecular flexibility index (Phi) is 2.18. The Labute approximate surface area is 87.2 Å². The topological polar surface area (TPSA) is 66.6 Å². The molecule has 0 aliphatic carbocycles. The first-order chi connectivity index (χ1) is 7.11. The molecular weight excluding hydrogens is 194 g/mol. The highest BCUT2D eigenvalue weighted by Gasteiger charge is 2.10. The van der Waals surface area contributed by atoms with Crippen LogP contribution in [0.2, 0.25) is 0 Å². The fraction of sp³-hybridized carbons (Fsp3) is 0.444. The van der Waals surface area contributed by atoms with E-state index in [2.05, 4.69) is 15.1 Å². The standard InChI is InChI=1S/C9H13N5O/c1-4-6-5-7(15)14-8(10-6)11-9(12-14)13(2)3/h5,15H,4H2,1-3H3. The zero-order valence-electron chi connectivity index (χ0n) is 8.97. The fourth-order valence-electron chi connectivity index (χ4n) is 1.26. The van der Waals surface area contributed by atoms with Gasteiger partial charge in [0.25, 0.3) is 5.78 Å². The average molecular weight is 207 g/mol. The van der Waals surface area contributed by atoms with E-state index in [-0.39, 0.29) is 5.88 Å². The Morgan fingerprint density at radius 2 is 2.13 bits per heavy atom. The second kappa shape index (κ2) is 3.38. The Hall–Kier alpha value is -1.85. The maximum atomic E-state index is 9.68. The van der Waals surface area contributed by atoms with Crippen molar-refractivity contribution < 1.29 is 5.11 Å². The van der Waals surface area contributed by atoms with Gasteiger partial charge in [-0.3, -0.25) is 0 Å². The second-order valence-electron chi connectivity index (χ2n) is 3.48. The normalized spacial score (nSPS) is 10.9. The molecule has 0 aliphatic heterocycles. The van der Waals surface area contributed by atoms with Crippen LogP contribution in [0.5, 0.6) is 5.88 Å². The smallest absolute Gasteiger partial charge is 0.257 e. The molecule has 1 N–H and O–H groups in total. The third-order valence-corrected chi connectivity index (χ3v) is 2.10. The van der Waals surface area contributed by atoms with Gasteiger partial charge >= 0.3 is 0 Å². The largest absolute Gasteiger partial charge is 0.493 e. The van der Waals surface area contributed by atoms with Crippen molar-refractivity contribution in [3.8, 4) is 5.88 Å². The first-order valence-electron chi connectivity index (χ1n) is 4.74. The molecule has 0 amide bonds. The van der Waals surface area contributed by atoms with E-state index in [1.807, 2.05) is 21.0 Å². The summed E-state index contributed by atoms with van der Waals surface area (Å²) in [5.41, 5.74) is 0.803. The van der Waals surface area contributed by atoms with Crippen LogP contribution in [-0.2, 0) is 6.42 Å². The quantitative estimate of drug-likeness (QED) is 0.774. The number of hydrogen-bond acceptors (Lipinski definition) is 5. The van der Waals surface area contributed by atoms with Crippen LogP contribution in [-0.4, -0.2) is 38.8 Å². The number of nitrogens with zero attached hydrogens (tertiary/aromatic N) is 5. The summed E-state index contributed by atoms with van der Waals surface area (Å²) in [4.78, 5) is 10.2. The van der Waals surface area contributed by atoms with Gasteiger partial charge in [0.2, 0.25) is 11.8 Å². The van der Waals surface area contributed by atoms with E-state index in [0.717, 1.165) is 12.1 Å². The molecule has 2 aromatic rings. The Balaban J connectivity index is 2.64. The molecule has 80 valence electrons. The first kappa shape index (κ1) is 9.70. The van der Waals surface area contributed by atoms with Gasteiger partial charge in [0.15, 0.2) is 0 Å². The molecule has 2 aromatic heterocycles. The molecule has 0 aliphatic rings. The van der Waals surface area contributed by atoms with Crippen LogP contribution in [0.1, 0.15) is 12.6 Å². The molecule has 0 saturated heterocycles. The maximum Gasteiger partial charge on any atom is 0.257 e. The lowest BCUT2D eigenvalue weighted by atomic mass is 10.3. The van der Waals surface area contributed by atoms with E-state index in [1.165, 1.54) is 4.52 Å². The summed E-state index contributed by atoms with van der Waals surface area (Å²) < 4.78 is 1.33. The van der Waals surface area contributed by atoms with Gasteiger partial charge in [-0.15, -0.1) is 5.10 Å². The zero-order chi connectivity index (χ0) is 11.0. The van der Waals surface area contributed by atoms with Crippen LogP contribution in [0, 0.1) is 0 Å². The minimum absolute atomic E-state index is 0.0671. The van der Waals surface area contributed by atoms with Gasteiger partial charge in [0.05, 0.1) is 0 Å². The number of aromatic nitrogens is 4. The van der Waals surface area contributed by atoms with Crippen LogP contribution in [0.15, 0.2) is 6.07 Å². The van der Waals surface area contributed by atoms with Crippen molar-refractivity contribution in [2.24, 2.45) is 0 Å². The van der Waals surface area contributed by atoms with Gasteiger partial charge < -0.3 is 10.0 Å². The van der Waals surface area contributed by atoms with Gasteiger partial charge in [0.1, 0.15) is 0 Å². The third-order valence-electron chi connectivity index (χ3n) is 2.10. The van der Waals surface area contributed by atoms with E-state index >= 15 is 0 Å². The summed E-state index contributed by atoms with van der Waals surface area (Å²) >= 11 is 0. The highest BCUT2D eigenvalue weighted by Crippen LogP contribution is 2.15. The van der Waals surface area contributed by atoms with Crippen molar-refractivity contribution in [2.45, 2.75) is 13.3 Å². The predicted molar refractivity (Wildman–Crippen MR) is 56.2 cm³/mol. The minimum atomic E-state index is 0.0671. The lowest BCUT2D eigenvalue weighted by Gasteiger charge is -2.03. The molecule has 0 unspecified atom stereocenters. The highest BCUT2D eigenvalue weighted by atomic mass is 16.3. The molecule has 0 aromatic carbocycles. The molecule has 6 heteroatoms. The summed E-state index contributed by atoms with van der Waals surface area (Å²) in [6, 6.07) is 1.60. The van der Waals surface area contributed by atoms with E-state index in [4.69, 9.17) is 0 Å². The first-order valence-corrected chi connectivity index (χ1v) is 4.74. The molecule has 0 radical (unpaired) electrons. The molecular formula is C9H13N5O. The van der Waals surface area contributed by atoms with Crippen LogP contribution >= 0.6 is 0 Å². The summed E-state index contributed by atoms with van der Waals surface area (Å²) in [6.07, 6.45) is 0.758. The average Bonchev–Trinajstić information content (AvgIpc) is 2.61. The molecule has 15 heavy (non-hydrogen) atoms. The second-order valence-corrected chi connectivity index (χ2v) is 3.48. The lowest BCUT2D eigenvalue weighted by Crippen LogP contribution is -2.10. The van der Waals surface area contributed by atoms with Crippen LogP contribution in [0.25, 0.3) is 5.78 Å². The Morgan fingerprint density at radius 1 is 1.40 bits per heavy atom. The monoisotopic (exact) mass is 207 g/mol. The van der Waals surface area contributed by atoms with Gasteiger partial charge in [0, 0.05) is 25.9 Å². The van der Waals surface area contributed by atoms with Gasteiger partial charge in [-0.2, -0.15) is 9.50 Å². The summed E-state index contributed by atoms with van der Waals surface area (Å²) in [7, 11) is 3.68. The molecule has 2 heterocycles. The number of anilines is 1. The number of aromatic hydroxyl groups is 1. The van der Waals surface area contributed by atoms with Gasteiger partial charge in [-0.1, -0.05) is 6.92 Å².